The van der Waals surface area contributed by atoms with Crippen molar-refractivity contribution in [2.75, 3.05) is 29.1 Å². The Hall–Kier alpha value is -2.31. The van der Waals surface area contributed by atoms with Gasteiger partial charge in [0.05, 0.1) is 16.2 Å². The van der Waals surface area contributed by atoms with Crippen LogP contribution in [0.3, 0.4) is 0 Å². The first-order chi connectivity index (χ1) is 13.0. The lowest BCUT2D eigenvalue weighted by Crippen LogP contribution is -2.26. The molecule has 0 saturated carbocycles. The Bertz CT molecular complexity index is 1120. The van der Waals surface area contributed by atoms with Crippen molar-refractivity contribution >= 4 is 43.8 Å². The molecule has 7 heteroatoms. The summed E-state index contributed by atoms with van der Waals surface area (Å²) < 4.78 is 25.2. The van der Waals surface area contributed by atoms with Crippen LogP contribution in [0.4, 0.5) is 11.5 Å². The minimum atomic E-state index is -3.29. The van der Waals surface area contributed by atoms with E-state index in [-0.39, 0.29) is 5.75 Å². The Labute approximate surface area is 163 Å². The molecule has 0 aliphatic carbocycles. The van der Waals surface area contributed by atoms with Crippen molar-refractivity contribution in [1.82, 2.24) is 4.98 Å². The van der Waals surface area contributed by atoms with Crippen molar-refractivity contribution in [3.8, 4) is 0 Å². The molecule has 1 aliphatic rings. The highest BCUT2D eigenvalue weighted by atomic mass is 35.5. The fourth-order valence-electron chi connectivity index (χ4n) is 3.44. The topological polar surface area (TPSA) is 62.3 Å². The number of aromatic nitrogens is 1. The number of nitrogens with one attached hydrogen (secondary N) is 1. The van der Waals surface area contributed by atoms with Gasteiger partial charge in [-0.2, -0.15) is 0 Å². The Morgan fingerprint density at radius 2 is 2.00 bits per heavy atom. The summed E-state index contributed by atoms with van der Waals surface area (Å²) in [6, 6.07) is 14.8. The summed E-state index contributed by atoms with van der Waals surface area (Å²) in [6.45, 7) is 3.70. The van der Waals surface area contributed by atoms with Crippen LogP contribution in [0.5, 0.6) is 0 Å². The predicted molar refractivity (Wildman–Crippen MR) is 110 cm³/mol. The lowest BCUT2D eigenvalue weighted by atomic mass is 10.1. The van der Waals surface area contributed by atoms with E-state index in [1.54, 1.807) is 12.1 Å². The number of benzene rings is 2. The zero-order valence-electron chi connectivity index (χ0n) is 14.9. The second kappa shape index (κ2) is 7.02. The van der Waals surface area contributed by atoms with Gasteiger partial charge in [0, 0.05) is 41.8 Å². The van der Waals surface area contributed by atoms with E-state index in [1.807, 2.05) is 48.2 Å². The number of hydrogen-bond acceptors (Lipinski definition) is 5. The maximum Gasteiger partial charge on any atom is 0.180 e. The minimum Gasteiger partial charge on any atom is -0.385 e. The largest absolute Gasteiger partial charge is 0.385 e. The maximum atomic E-state index is 12.6. The second-order valence-corrected chi connectivity index (χ2v) is 9.08. The van der Waals surface area contributed by atoms with Gasteiger partial charge >= 0.3 is 0 Å². The fraction of sp³-hybridized carbons (Fsp3) is 0.250. The molecule has 2 aromatic carbocycles. The van der Waals surface area contributed by atoms with Gasteiger partial charge in [0.25, 0.3) is 0 Å². The number of fused-ring (bicyclic) bond motifs is 2. The number of halogens is 1. The summed E-state index contributed by atoms with van der Waals surface area (Å²) >= 11 is 6.16. The smallest absolute Gasteiger partial charge is 0.180 e. The average Bonchev–Trinajstić information content (AvgIpc) is 2.79. The van der Waals surface area contributed by atoms with Gasteiger partial charge in [-0.3, -0.25) is 0 Å². The molecule has 5 nitrogen and oxygen atoms in total. The van der Waals surface area contributed by atoms with E-state index in [0.29, 0.717) is 23.0 Å². The highest BCUT2D eigenvalue weighted by molar-refractivity contribution is 7.91. The van der Waals surface area contributed by atoms with Gasteiger partial charge in [-0.1, -0.05) is 29.8 Å². The van der Waals surface area contributed by atoms with Gasteiger partial charge in [0.1, 0.15) is 5.82 Å². The van der Waals surface area contributed by atoms with Gasteiger partial charge < -0.3 is 10.2 Å². The summed E-state index contributed by atoms with van der Waals surface area (Å²) in [7, 11) is -3.29. The lowest BCUT2D eigenvalue weighted by Gasteiger charge is -2.23. The van der Waals surface area contributed by atoms with Crippen LogP contribution in [-0.2, 0) is 16.4 Å². The minimum absolute atomic E-state index is 0.0703. The normalized spacial score (nSPS) is 16.0. The summed E-state index contributed by atoms with van der Waals surface area (Å²) in [5, 5.41) is 4.98. The van der Waals surface area contributed by atoms with E-state index < -0.39 is 9.84 Å². The molecule has 4 rings (SSSR count). The zero-order valence-corrected chi connectivity index (χ0v) is 16.5. The van der Waals surface area contributed by atoms with Gasteiger partial charge in [-0.05, 0) is 36.8 Å². The maximum absolute atomic E-state index is 12.6. The third-order valence-corrected chi connectivity index (χ3v) is 6.77. The van der Waals surface area contributed by atoms with E-state index in [0.717, 1.165) is 34.5 Å². The molecule has 0 bridgehead atoms. The number of pyridine rings is 1. The van der Waals surface area contributed by atoms with E-state index in [2.05, 4.69) is 5.32 Å². The van der Waals surface area contributed by atoms with Gasteiger partial charge in [-0.15, -0.1) is 0 Å². The first kappa shape index (κ1) is 18.1. The Balaban J connectivity index is 1.82. The van der Waals surface area contributed by atoms with Crippen LogP contribution in [0.25, 0.3) is 10.9 Å². The molecule has 3 aromatic rings. The van der Waals surface area contributed by atoms with Crippen LogP contribution < -0.4 is 10.2 Å². The molecule has 0 radical (unpaired) electrons. The Morgan fingerprint density at radius 3 is 2.81 bits per heavy atom. The highest BCUT2D eigenvalue weighted by Gasteiger charge is 2.26. The highest BCUT2D eigenvalue weighted by Crippen LogP contribution is 2.31. The molecule has 1 aromatic heterocycles. The molecule has 0 fully saturated rings. The standard InChI is InChI=1S/C20H20ClN3O2S/c1-2-22-18-12-20(23-17-8-7-15(21)11-16(17)18)24-9-10-27(25,26)19-6-4-3-5-14(19)13-24/h3-8,11-12H,2,9-10,13H2,1H3,(H,22,23). The number of anilines is 2. The fourth-order valence-corrected chi connectivity index (χ4v) is 5.11. The van der Waals surface area contributed by atoms with Crippen LogP contribution in [-0.4, -0.2) is 32.2 Å². The summed E-state index contributed by atoms with van der Waals surface area (Å²) in [4.78, 5) is 7.23. The van der Waals surface area contributed by atoms with Crippen molar-refractivity contribution in [3.05, 3.63) is 59.1 Å². The molecular weight excluding hydrogens is 382 g/mol. The van der Waals surface area contributed by atoms with E-state index in [4.69, 9.17) is 16.6 Å². The lowest BCUT2D eigenvalue weighted by molar-refractivity contribution is 0.596. The quantitative estimate of drug-likeness (QED) is 0.715. The van der Waals surface area contributed by atoms with Gasteiger partial charge in [0.2, 0.25) is 0 Å². The third-order valence-electron chi connectivity index (χ3n) is 4.75. The summed E-state index contributed by atoms with van der Waals surface area (Å²) in [5.74, 6) is 0.827. The molecule has 140 valence electrons. The van der Waals surface area contributed by atoms with E-state index >= 15 is 0 Å². The zero-order chi connectivity index (χ0) is 19.0. The second-order valence-electron chi connectivity index (χ2n) is 6.57. The summed E-state index contributed by atoms with van der Waals surface area (Å²) in [5.41, 5.74) is 2.58. The number of nitrogens with zero attached hydrogens (tertiary/aromatic N) is 2. The van der Waals surface area contributed by atoms with Crippen molar-refractivity contribution in [3.63, 3.8) is 0 Å². The van der Waals surface area contributed by atoms with Crippen LogP contribution in [0.15, 0.2) is 53.4 Å². The third kappa shape index (κ3) is 3.47. The van der Waals surface area contributed by atoms with Crippen molar-refractivity contribution in [1.29, 1.82) is 0 Å². The van der Waals surface area contributed by atoms with Crippen LogP contribution in [0, 0.1) is 0 Å². The molecule has 1 N–H and O–H groups in total. The molecule has 0 saturated heterocycles. The van der Waals surface area contributed by atoms with Gasteiger partial charge in [0.15, 0.2) is 9.84 Å². The molecule has 2 heterocycles. The Kier molecular flexibility index (Phi) is 4.70. The first-order valence-electron chi connectivity index (χ1n) is 8.88. The van der Waals surface area contributed by atoms with Crippen molar-refractivity contribution < 1.29 is 8.42 Å². The SMILES string of the molecule is CCNc1cc(N2CCS(=O)(=O)c3ccccc3C2)nc2ccc(Cl)cc12. The molecule has 0 unspecified atom stereocenters. The Morgan fingerprint density at radius 1 is 1.19 bits per heavy atom. The van der Waals surface area contributed by atoms with Gasteiger partial charge in [-0.25, -0.2) is 13.4 Å². The van der Waals surface area contributed by atoms with Crippen molar-refractivity contribution in [2.24, 2.45) is 0 Å². The molecule has 0 spiro atoms. The van der Waals surface area contributed by atoms with Crippen LogP contribution >= 0.6 is 11.6 Å². The number of hydrogen-bond donors (Lipinski definition) is 1. The summed E-state index contributed by atoms with van der Waals surface area (Å²) in [6.07, 6.45) is 0. The van der Waals surface area contributed by atoms with Crippen LogP contribution in [0.1, 0.15) is 12.5 Å². The number of rotatable bonds is 3. The number of sulfone groups is 1. The first-order valence-corrected chi connectivity index (χ1v) is 10.9. The average molecular weight is 402 g/mol. The van der Waals surface area contributed by atoms with E-state index in [9.17, 15) is 8.42 Å². The van der Waals surface area contributed by atoms with Crippen LogP contribution in [0.2, 0.25) is 5.02 Å². The molecule has 0 amide bonds. The molecular formula is C20H20ClN3O2S. The molecule has 27 heavy (non-hydrogen) atoms. The van der Waals surface area contributed by atoms with Crippen molar-refractivity contribution in [2.45, 2.75) is 18.4 Å². The molecule has 1 aliphatic heterocycles. The van der Waals surface area contributed by atoms with E-state index in [1.165, 1.54) is 0 Å². The monoisotopic (exact) mass is 401 g/mol. The molecule has 0 atom stereocenters. The predicted octanol–water partition coefficient (Wildman–Crippen LogP) is 4.11.